The Morgan fingerprint density at radius 3 is 2.05 bits per heavy atom. The molecule has 0 aromatic heterocycles. The SMILES string of the molecule is C=Cc1ccc(NCCCCCCCCCC)cc1. The summed E-state index contributed by atoms with van der Waals surface area (Å²) in [6.07, 6.45) is 12.9. The maximum absolute atomic E-state index is 3.76. The second-order valence-electron chi connectivity index (χ2n) is 5.23. The van der Waals surface area contributed by atoms with Crippen molar-refractivity contribution in [2.45, 2.75) is 58.3 Å². The van der Waals surface area contributed by atoms with Crippen LogP contribution in [-0.4, -0.2) is 6.54 Å². The van der Waals surface area contributed by atoms with Crippen molar-refractivity contribution < 1.29 is 0 Å². The van der Waals surface area contributed by atoms with Crippen LogP contribution in [0.5, 0.6) is 0 Å². The van der Waals surface area contributed by atoms with Crippen LogP contribution >= 0.6 is 0 Å². The van der Waals surface area contributed by atoms with E-state index in [1.807, 2.05) is 6.08 Å². The molecule has 1 rings (SSSR count). The van der Waals surface area contributed by atoms with E-state index in [1.54, 1.807) is 0 Å². The largest absolute Gasteiger partial charge is 0.385 e. The highest BCUT2D eigenvalue weighted by molar-refractivity contribution is 5.53. The topological polar surface area (TPSA) is 12.0 Å². The summed E-state index contributed by atoms with van der Waals surface area (Å²) in [5.74, 6) is 0. The van der Waals surface area contributed by atoms with Gasteiger partial charge in [-0.15, -0.1) is 0 Å². The summed E-state index contributed by atoms with van der Waals surface area (Å²) in [4.78, 5) is 0. The van der Waals surface area contributed by atoms with Crippen molar-refractivity contribution in [1.82, 2.24) is 0 Å². The van der Waals surface area contributed by atoms with E-state index >= 15 is 0 Å². The van der Waals surface area contributed by atoms with Crippen molar-refractivity contribution in [2.75, 3.05) is 11.9 Å². The van der Waals surface area contributed by atoms with E-state index in [4.69, 9.17) is 0 Å². The Kier molecular flexibility index (Phi) is 8.87. The second-order valence-corrected chi connectivity index (χ2v) is 5.23. The van der Waals surface area contributed by atoms with Crippen LogP contribution < -0.4 is 5.32 Å². The molecule has 0 aliphatic heterocycles. The van der Waals surface area contributed by atoms with Gasteiger partial charge in [0.2, 0.25) is 0 Å². The molecule has 1 heteroatoms. The Bertz CT molecular complexity index is 326. The summed E-state index contributed by atoms with van der Waals surface area (Å²) in [6, 6.07) is 8.45. The van der Waals surface area contributed by atoms with Crippen molar-refractivity contribution in [3.63, 3.8) is 0 Å². The zero-order chi connectivity index (χ0) is 13.8. The molecule has 1 N–H and O–H groups in total. The Hall–Kier alpha value is -1.24. The van der Waals surface area contributed by atoms with Crippen LogP contribution in [0.15, 0.2) is 30.8 Å². The molecule has 0 heterocycles. The first-order chi connectivity index (χ1) is 9.36. The van der Waals surface area contributed by atoms with Crippen molar-refractivity contribution in [3.8, 4) is 0 Å². The Balaban J connectivity index is 1.96. The molecule has 0 aliphatic carbocycles. The molecule has 106 valence electrons. The molecule has 0 unspecified atom stereocenters. The molecule has 19 heavy (non-hydrogen) atoms. The standard InChI is InChI=1S/C18H29N/c1-3-5-6-7-8-9-10-11-16-19-18-14-12-17(4-2)13-15-18/h4,12-15,19H,2-3,5-11,16H2,1H3. The number of rotatable bonds is 11. The predicted octanol–water partition coefficient (Wildman–Crippen LogP) is 5.88. The third kappa shape index (κ3) is 7.71. The number of hydrogen-bond acceptors (Lipinski definition) is 1. The summed E-state index contributed by atoms with van der Waals surface area (Å²) in [6.45, 7) is 7.12. The van der Waals surface area contributed by atoms with Gasteiger partial charge in [-0.05, 0) is 24.1 Å². The molecular formula is C18H29N. The van der Waals surface area contributed by atoms with E-state index in [9.17, 15) is 0 Å². The van der Waals surface area contributed by atoms with Crippen LogP contribution in [-0.2, 0) is 0 Å². The van der Waals surface area contributed by atoms with Crippen molar-refractivity contribution in [2.24, 2.45) is 0 Å². The summed E-state index contributed by atoms with van der Waals surface area (Å²) >= 11 is 0. The molecule has 0 amide bonds. The maximum Gasteiger partial charge on any atom is 0.0340 e. The summed E-state index contributed by atoms with van der Waals surface area (Å²) in [7, 11) is 0. The lowest BCUT2D eigenvalue weighted by atomic mass is 10.1. The van der Waals surface area contributed by atoms with Crippen LogP contribution in [0.3, 0.4) is 0 Å². The lowest BCUT2D eigenvalue weighted by Gasteiger charge is -2.06. The van der Waals surface area contributed by atoms with Gasteiger partial charge >= 0.3 is 0 Å². The van der Waals surface area contributed by atoms with Crippen LogP contribution in [0.4, 0.5) is 5.69 Å². The average Bonchev–Trinajstić information content (AvgIpc) is 2.46. The van der Waals surface area contributed by atoms with Gasteiger partial charge in [-0.2, -0.15) is 0 Å². The van der Waals surface area contributed by atoms with E-state index in [-0.39, 0.29) is 0 Å². The first-order valence-corrected chi connectivity index (χ1v) is 7.83. The second kappa shape index (κ2) is 10.7. The fourth-order valence-corrected chi connectivity index (χ4v) is 2.23. The third-order valence-corrected chi connectivity index (χ3v) is 3.51. The van der Waals surface area contributed by atoms with Gasteiger partial charge in [0.05, 0.1) is 0 Å². The van der Waals surface area contributed by atoms with Gasteiger partial charge in [-0.3, -0.25) is 0 Å². The highest BCUT2D eigenvalue weighted by Crippen LogP contribution is 2.11. The van der Waals surface area contributed by atoms with Crippen molar-refractivity contribution in [3.05, 3.63) is 36.4 Å². The number of benzene rings is 1. The predicted molar refractivity (Wildman–Crippen MR) is 87.6 cm³/mol. The monoisotopic (exact) mass is 259 g/mol. The zero-order valence-corrected chi connectivity index (χ0v) is 12.5. The number of unbranched alkanes of at least 4 members (excludes halogenated alkanes) is 7. The molecule has 0 saturated carbocycles. The van der Waals surface area contributed by atoms with Gasteiger partial charge < -0.3 is 5.32 Å². The van der Waals surface area contributed by atoms with Gasteiger partial charge in [0.1, 0.15) is 0 Å². The Morgan fingerprint density at radius 1 is 0.895 bits per heavy atom. The van der Waals surface area contributed by atoms with E-state index in [1.165, 1.54) is 62.6 Å². The number of nitrogens with one attached hydrogen (secondary N) is 1. The Labute approximate surface area is 119 Å². The normalized spacial score (nSPS) is 10.4. The fraction of sp³-hybridized carbons (Fsp3) is 0.556. The quantitative estimate of drug-likeness (QED) is 0.489. The minimum atomic E-state index is 1.09. The van der Waals surface area contributed by atoms with Crippen LogP contribution in [0.2, 0.25) is 0 Å². The van der Waals surface area contributed by atoms with Crippen molar-refractivity contribution in [1.29, 1.82) is 0 Å². The molecule has 0 fully saturated rings. The summed E-state index contributed by atoms with van der Waals surface area (Å²) < 4.78 is 0. The smallest absolute Gasteiger partial charge is 0.0340 e. The third-order valence-electron chi connectivity index (χ3n) is 3.51. The summed E-state index contributed by atoms with van der Waals surface area (Å²) in [5.41, 5.74) is 2.39. The fourth-order valence-electron chi connectivity index (χ4n) is 2.23. The van der Waals surface area contributed by atoms with Crippen LogP contribution in [0.25, 0.3) is 6.08 Å². The molecule has 0 atom stereocenters. The molecule has 0 bridgehead atoms. The van der Waals surface area contributed by atoms with Gasteiger partial charge in [0, 0.05) is 12.2 Å². The molecular weight excluding hydrogens is 230 g/mol. The molecule has 1 nitrogen and oxygen atoms in total. The number of hydrogen-bond donors (Lipinski definition) is 1. The van der Waals surface area contributed by atoms with Crippen molar-refractivity contribution >= 4 is 11.8 Å². The van der Waals surface area contributed by atoms with Gasteiger partial charge in [0.15, 0.2) is 0 Å². The van der Waals surface area contributed by atoms with E-state index < -0.39 is 0 Å². The van der Waals surface area contributed by atoms with Crippen LogP contribution in [0, 0.1) is 0 Å². The van der Waals surface area contributed by atoms with Gasteiger partial charge in [-0.25, -0.2) is 0 Å². The molecule has 1 aromatic rings. The molecule has 0 spiro atoms. The molecule has 0 radical (unpaired) electrons. The van der Waals surface area contributed by atoms with E-state index in [2.05, 4.69) is 43.1 Å². The maximum atomic E-state index is 3.76. The number of anilines is 1. The van der Waals surface area contributed by atoms with E-state index in [0.29, 0.717) is 0 Å². The molecule has 1 aromatic carbocycles. The van der Waals surface area contributed by atoms with Gasteiger partial charge in [-0.1, -0.05) is 76.7 Å². The first kappa shape index (κ1) is 15.8. The lowest BCUT2D eigenvalue weighted by Crippen LogP contribution is -2.01. The lowest BCUT2D eigenvalue weighted by molar-refractivity contribution is 0.581. The zero-order valence-electron chi connectivity index (χ0n) is 12.5. The molecule has 0 saturated heterocycles. The van der Waals surface area contributed by atoms with Gasteiger partial charge in [0.25, 0.3) is 0 Å². The molecule has 0 aliphatic rings. The van der Waals surface area contributed by atoms with E-state index in [0.717, 1.165) is 6.54 Å². The van der Waals surface area contributed by atoms with Crippen LogP contribution in [0.1, 0.15) is 63.9 Å². The first-order valence-electron chi connectivity index (χ1n) is 7.83. The highest BCUT2D eigenvalue weighted by atomic mass is 14.9. The summed E-state index contributed by atoms with van der Waals surface area (Å²) in [5, 5.41) is 3.47. The minimum absolute atomic E-state index is 1.09. The minimum Gasteiger partial charge on any atom is -0.385 e. The Morgan fingerprint density at radius 2 is 1.47 bits per heavy atom. The highest BCUT2D eigenvalue weighted by Gasteiger charge is 1.93. The average molecular weight is 259 g/mol.